The van der Waals surface area contributed by atoms with E-state index in [1.807, 2.05) is 0 Å². The summed E-state index contributed by atoms with van der Waals surface area (Å²) in [6.45, 7) is 0.843. The molecule has 1 saturated heterocycles. The number of hydrogen-bond donors (Lipinski definition) is 2. The topological polar surface area (TPSA) is 58.2 Å². The molecule has 4 nitrogen and oxygen atoms in total. The Morgan fingerprint density at radius 2 is 2.21 bits per heavy atom. The maximum absolute atomic E-state index is 13.2. The zero-order valence-corrected chi connectivity index (χ0v) is 11.9. The van der Waals surface area contributed by atoms with E-state index in [1.54, 1.807) is 0 Å². The molecule has 2 N–H and O–H groups in total. The maximum atomic E-state index is 13.2. The van der Waals surface area contributed by atoms with Crippen molar-refractivity contribution in [1.29, 1.82) is 0 Å². The van der Waals surface area contributed by atoms with E-state index in [2.05, 4.69) is 10.0 Å². The van der Waals surface area contributed by atoms with Gasteiger partial charge in [0.2, 0.25) is 10.0 Å². The molecule has 1 unspecified atom stereocenters. The number of sulfonamides is 1. The molecule has 2 rings (SSSR count). The van der Waals surface area contributed by atoms with Crippen molar-refractivity contribution >= 4 is 27.3 Å². The minimum Gasteiger partial charge on any atom is -0.313 e. The molecule has 106 valence electrons. The quantitative estimate of drug-likeness (QED) is 0.898. The molecular weight excluding hydrogens is 291 g/mol. The molecule has 0 bridgehead atoms. The summed E-state index contributed by atoms with van der Waals surface area (Å²) in [4.78, 5) is 0. The molecule has 0 amide bonds. The van der Waals surface area contributed by atoms with Gasteiger partial charge in [-0.3, -0.25) is 4.72 Å². The lowest BCUT2D eigenvalue weighted by Gasteiger charge is -2.23. The largest absolute Gasteiger partial charge is 0.313 e. The van der Waals surface area contributed by atoms with Crippen LogP contribution in [-0.2, 0) is 10.0 Å². The monoisotopic (exact) mass is 306 g/mol. The Labute approximate surface area is 117 Å². The van der Waals surface area contributed by atoms with Crippen LogP contribution in [0.4, 0.5) is 10.1 Å². The van der Waals surface area contributed by atoms with E-state index in [9.17, 15) is 12.8 Å². The Morgan fingerprint density at radius 1 is 1.42 bits per heavy atom. The zero-order valence-electron chi connectivity index (χ0n) is 10.3. The van der Waals surface area contributed by atoms with Crippen LogP contribution in [0.1, 0.15) is 19.3 Å². The molecule has 1 aromatic rings. The summed E-state index contributed by atoms with van der Waals surface area (Å²) in [7, 11) is -3.49. The van der Waals surface area contributed by atoms with Crippen LogP contribution in [0.15, 0.2) is 18.2 Å². The summed E-state index contributed by atoms with van der Waals surface area (Å²) >= 11 is 5.55. The van der Waals surface area contributed by atoms with Crippen LogP contribution in [0.25, 0.3) is 0 Å². The normalized spacial score (nSPS) is 20.2. The van der Waals surface area contributed by atoms with Gasteiger partial charge in [0.15, 0.2) is 0 Å². The Morgan fingerprint density at radius 3 is 2.84 bits per heavy atom. The molecule has 19 heavy (non-hydrogen) atoms. The Bertz CT molecular complexity index is 545. The van der Waals surface area contributed by atoms with E-state index in [0.29, 0.717) is 0 Å². The van der Waals surface area contributed by atoms with Gasteiger partial charge in [-0.15, -0.1) is 0 Å². The highest BCUT2D eigenvalue weighted by Crippen LogP contribution is 2.20. The molecule has 1 aliphatic heterocycles. The first-order valence-electron chi connectivity index (χ1n) is 6.15. The van der Waals surface area contributed by atoms with Gasteiger partial charge in [0.25, 0.3) is 0 Å². The van der Waals surface area contributed by atoms with E-state index in [4.69, 9.17) is 11.6 Å². The number of halogens is 2. The summed E-state index contributed by atoms with van der Waals surface area (Å²) in [6, 6.07) is 3.81. The van der Waals surface area contributed by atoms with Gasteiger partial charge in [-0.05, 0) is 37.6 Å². The Kier molecular flexibility index (Phi) is 4.65. The lowest BCUT2D eigenvalue weighted by molar-refractivity contribution is 0.424. The lowest BCUT2D eigenvalue weighted by Crippen LogP contribution is -2.40. The van der Waals surface area contributed by atoms with Crippen LogP contribution in [0, 0.1) is 5.82 Å². The highest BCUT2D eigenvalue weighted by Gasteiger charge is 2.21. The van der Waals surface area contributed by atoms with Crippen LogP contribution in [0.5, 0.6) is 0 Å². The molecule has 7 heteroatoms. The van der Waals surface area contributed by atoms with Crippen molar-refractivity contribution in [2.75, 3.05) is 17.0 Å². The summed E-state index contributed by atoms with van der Waals surface area (Å²) in [5.41, 5.74) is 0.192. The first kappa shape index (κ1) is 14.6. The molecule has 0 spiro atoms. The first-order valence-corrected chi connectivity index (χ1v) is 8.18. The molecule has 1 heterocycles. The summed E-state index contributed by atoms with van der Waals surface area (Å²) < 4.78 is 39.5. The van der Waals surface area contributed by atoms with Gasteiger partial charge in [-0.1, -0.05) is 18.0 Å². The first-order chi connectivity index (χ1) is 8.96. The third kappa shape index (κ3) is 4.33. The van der Waals surface area contributed by atoms with Crippen molar-refractivity contribution in [3.05, 3.63) is 29.0 Å². The van der Waals surface area contributed by atoms with Crippen LogP contribution < -0.4 is 10.0 Å². The third-order valence-corrected chi connectivity index (χ3v) is 4.72. The van der Waals surface area contributed by atoms with Gasteiger partial charge in [-0.2, -0.15) is 0 Å². The Hall–Kier alpha value is -0.850. The van der Waals surface area contributed by atoms with Crippen molar-refractivity contribution in [2.24, 2.45) is 0 Å². The summed E-state index contributed by atoms with van der Waals surface area (Å²) in [5, 5.41) is 3.14. The van der Waals surface area contributed by atoms with Gasteiger partial charge >= 0.3 is 0 Å². The van der Waals surface area contributed by atoms with Gasteiger partial charge in [0.05, 0.1) is 16.5 Å². The van der Waals surface area contributed by atoms with Crippen LogP contribution in [0.3, 0.4) is 0 Å². The van der Waals surface area contributed by atoms with Gasteiger partial charge < -0.3 is 5.32 Å². The smallest absolute Gasteiger partial charge is 0.234 e. The summed E-state index contributed by atoms with van der Waals surface area (Å²) in [6.07, 6.45) is 2.95. The highest BCUT2D eigenvalue weighted by molar-refractivity contribution is 7.92. The molecule has 1 atom stereocenters. The molecule has 0 aromatic heterocycles. The van der Waals surface area contributed by atoms with E-state index in [-0.39, 0.29) is 22.5 Å². The van der Waals surface area contributed by atoms with Crippen molar-refractivity contribution in [1.82, 2.24) is 5.32 Å². The number of rotatable bonds is 4. The van der Waals surface area contributed by atoms with Crippen LogP contribution >= 0.6 is 11.6 Å². The van der Waals surface area contributed by atoms with Crippen molar-refractivity contribution < 1.29 is 12.8 Å². The number of benzene rings is 1. The molecular formula is C12H16ClFN2O2S. The highest BCUT2D eigenvalue weighted by atomic mass is 35.5. The van der Waals surface area contributed by atoms with Gasteiger partial charge in [0.1, 0.15) is 5.82 Å². The van der Waals surface area contributed by atoms with E-state index in [1.165, 1.54) is 12.1 Å². The lowest BCUT2D eigenvalue weighted by atomic mass is 10.1. The van der Waals surface area contributed by atoms with Crippen LogP contribution in [0.2, 0.25) is 5.02 Å². The average Bonchev–Trinajstić information content (AvgIpc) is 2.34. The second kappa shape index (κ2) is 6.07. The second-order valence-electron chi connectivity index (χ2n) is 4.66. The molecule has 1 aliphatic rings. The third-order valence-electron chi connectivity index (χ3n) is 3.03. The average molecular weight is 307 g/mol. The second-order valence-corrected chi connectivity index (χ2v) is 6.83. The van der Waals surface area contributed by atoms with Gasteiger partial charge in [0, 0.05) is 6.04 Å². The standard InChI is InChI=1S/C12H16ClFN2O2S/c13-11-5-4-9(7-12(11)14)16-19(17,18)8-10-3-1-2-6-15-10/h4-5,7,10,15-16H,1-3,6,8H2. The SMILES string of the molecule is O=S(=O)(CC1CCCCN1)Nc1ccc(Cl)c(F)c1. The number of nitrogens with one attached hydrogen (secondary N) is 2. The van der Waals surface area contributed by atoms with Crippen molar-refractivity contribution in [3.63, 3.8) is 0 Å². The van der Waals surface area contributed by atoms with E-state index < -0.39 is 15.8 Å². The van der Waals surface area contributed by atoms with E-state index in [0.717, 1.165) is 31.9 Å². The minimum atomic E-state index is -3.49. The molecule has 1 fully saturated rings. The fourth-order valence-corrected chi connectivity index (χ4v) is 3.61. The van der Waals surface area contributed by atoms with Crippen molar-refractivity contribution in [3.8, 4) is 0 Å². The zero-order chi connectivity index (χ0) is 13.9. The number of anilines is 1. The summed E-state index contributed by atoms with van der Waals surface area (Å²) in [5.74, 6) is -0.644. The number of hydrogen-bond acceptors (Lipinski definition) is 3. The molecule has 0 aliphatic carbocycles. The molecule has 0 radical (unpaired) electrons. The predicted molar refractivity (Wildman–Crippen MR) is 74.5 cm³/mol. The maximum Gasteiger partial charge on any atom is 0.234 e. The van der Waals surface area contributed by atoms with E-state index >= 15 is 0 Å². The Balaban J connectivity index is 2.01. The molecule has 1 aromatic carbocycles. The number of piperidine rings is 1. The van der Waals surface area contributed by atoms with Gasteiger partial charge in [-0.25, -0.2) is 12.8 Å². The fourth-order valence-electron chi connectivity index (χ4n) is 2.11. The van der Waals surface area contributed by atoms with Crippen molar-refractivity contribution in [2.45, 2.75) is 25.3 Å². The van der Waals surface area contributed by atoms with Crippen LogP contribution in [-0.4, -0.2) is 26.8 Å². The molecule has 0 saturated carbocycles. The predicted octanol–water partition coefficient (Wildman–Crippen LogP) is 2.36. The minimum absolute atomic E-state index is 0.00273. The fraction of sp³-hybridized carbons (Fsp3) is 0.500.